The van der Waals surface area contributed by atoms with Gasteiger partial charge in [0.1, 0.15) is 0 Å². The van der Waals surface area contributed by atoms with Crippen molar-refractivity contribution in [1.29, 1.82) is 0 Å². The van der Waals surface area contributed by atoms with Gasteiger partial charge in [0.2, 0.25) is 5.91 Å². The molecule has 0 aliphatic rings. The smallest absolute Gasteiger partial charge is 0.404 e. The number of nitrogens with one attached hydrogen (secondary N) is 3. The number of unbranched alkanes of at least 4 members (excludes halogenated alkanes) is 3. The molecule has 44 heavy (non-hydrogen) atoms. The van der Waals surface area contributed by atoms with Gasteiger partial charge >= 0.3 is 6.09 Å². The molecule has 0 spiro atoms. The van der Waals surface area contributed by atoms with Gasteiger partial charge in [0.05, 0.1) is 72.7 Å². The fourth-order valence-electron chi connectivity index (χ4n) is 3.58. The first kappa shape index (κ1) is 39.5. The van der Waals surface area contributed by atoms with Crippen molar-refractivity contribution in [2.45, 2.75) is 38.6 Å². The number of rotatable bonds is 30. The molecule has 14 heteroatoms. The molecular weight excluding hydrogens is 598 g/mol. The minimum Gasteiger partial charge on any atom is -0.465 e. The number of hydrogen-bond donors (Lipinski definition) is 4. The van der Waals surface area contributed by atoms with E-state index in [2.05, 4.69) is 16.0 Å². The quantitative estimate of drug-likeness (QED) is 0.0721. The molecule has 0 aliphatic carbocycles. The first-order valence-corrected chi connectivity index (χ1v) is 15.7. The van der Waals surface area contributed by atoms with E-state index in [-0.39, 0.29) is 31.4 Å². The maximum atomic E-state index is 12.5. The van der Waals surface area contributed by atoms with Crippen LogP contribution in [0.4, 0.5) is 4.79 Å². The van der Waals surface area contributed by atoms with Crippen molar-refractivity contribution < 1.29 is 47.9 Å². The summed E-state index contributed by atoms with van der Waals surface area (Å²) in [6.45, 7) is 5.95. The third-order valence-electron chi connectivity index (χ3n) is 5.87. The summed E-state index contributed by atoms with van der Waals surface area (Å²) in [7, 11) is 0. The fraction of sp³-hybridized carbons (Fsp3) is 0.700. The molecule has 0 fully saturated rings. The Morgan fingerprint density at radius 3 is 1.80 bits per heavy atom. The highest BCUT2D eigenvalue weighted by molar-refractivity contribution is 6.17. The van der Waals surface area contributed by atoms with Crippen LogP contribution in [-0.4, -0.2) is 121 Å². The summed E-state index contributed by atoms with van der Waals surface area (Å²) < 4.78 is 32.4. The Kier molecular flexibility index (Phi) is 26.2. The molecule has 0 saturated heterocycles. The second kappa shape index (κ2) is 29.2. The summed E-state index contributed by atoms with van der Waals surface area (Å²) in [5.41, 5.74) is 1.34. The number of benzene rings is 1. The van der Waals surface area contributed by atoms with Gasteiger partial charge in [0, 0.05) is 44.1 Å². The predicted molar refractivity (Wildman–Crippen MR) is 165 cm³/mol. The Morgan fingerprint density at radius 1 is 0.636 bits per heavy atom. The van der Waals surface area contributed by atoms with Crippen LogP contribution in [0.15, 0.2) is 24.3 Å². The minimum atomic E-state index is -1.08. The van der Waals surface area contributed by atoms with Crippen LogP contribution >= 0.6 is 11.6 Å². The molecule has 0 bridgehead atoms. The summed E-state index contributed by atoms with van der Waals surface area (Å²) in [5.74, 6) is 0.361. The third-order valence-corrected chi connectivity index (χ3v) is 6.13. The molecule has 0 saturated carbocycles. The van der Waals surface area contributed by atoms with E-state index in [1.807, 2.05) is 6.07 Å². The zero-order valence-corrected chi connectivity index (χ0v) is 26.4. The number of amides is 3. The molecule has 1 aromatic rings. The lowest BCUT2D eigenvalue weighted by Crippen LogP contribution is -2.28. The van der Waals surface area contributed by atoms with E-state index in [0.717, 1.165) is 37.9 Å². The van der Waals surface area contributed by atoms with Gasteiger partial charge in [-0.1, -0.05) is 25.0 Å². The lowest BCUT2D eigenvalue weighted by molar-refractivity contribution is -0.122. The van der Waals surface area contributed by atoms with E-state index in [1.165, 1.54) is 0 Å². The van der Waals surface area contributed by atoms with Crippen molar-refractivity contribution in [3.63, 3.8) is 0 Å². The van der Waals surface area contributed by atoms with Crippen LogP contribution in [0.25, 0.3) is 0 Å². The number of carbonyl (C=O) groups is 3. The monoisotopic (exact) mass is 647 g/mol. The summed E-state index contributed by atoms with van der Waals surface area (Å²) >= 11 is 5.65. The van der Waals surface area contributed by atoms with Crippen molar-refractivity contribution in [3.8, 4) is 0 Å². The molecule has 13 nitrogen and oxygen atoms in total. The SMILES string of the molecule is O=C(O)NCCOCCOCCOCCOCCC(=O)NCc1cccc(C(=O)NCCOCCOCCCCCCCl)c1. The van der Waals surface area contributed by atoms with E-state index in [9.17, 15) is 14.4 Å². The van der Waals surface area contributed by atoms with Crippen LogP contribution < -0.4 is 16.0 Å². The van der Waals surface area contributed by atoms with E-state index in [4.69, 9.17) is 45.1 Å². The summed E-state index contributed by atoms with van der Waals surface area (Å²) in [6.07, 6.45) is 3.46. The Bertz CT molecular complexity index is 881. The molecule has 3 amide bonds. The van der Waals surface area contributed by atoms with Crippen molar-refractivity contribution in [2.24, 2.45) is 0 Å². The average Bonchev–Trinajstić information content (AvgIpc) is 3.02. The van der Waals surface area contributed by atoms with Gasteiger partial charge in [-0.05, 0) is 30.5 Å². The normalized spacial score (nSPS) is 10.9. The molecule has 0 radical (unpaired) electrons. The molecule has 0 aliphatic heterocycles. The summed E-state index contributed by atoms with van der Waals surface area (Å²) in [6, 6.07) is 7.11. The molecule has 0 atom stereocenters. The summed E-state index contributed by atoms with van der Waals surface area (Å²) in [4.78, 5) is 34.9. The van der Waals surface area contributed by atoms with Gasteiger partial charge < -0.3 is 49.5 Å². The highest BCUT2D eigenvalue weighted by Crippen LogP contribution is 2.06. The van der Waals surface area contributed by atoms with Gasteiger partial charge in [-0.15, -0.1) is 11.6 Å². The van der Waals surface area contributed by atoms with Gasteiger partial charge in [-0.3, -0.25) is 9.59 Å². The third kappa shape index (κ3) is 24.9. The van der Waals surface area contributed by atoms with Crippen molar-refractivity contribution >= 4 is 29.5 Å². The lowest BCUT2D eigenvalue weighted by atomic mass is 10.1. The number of carbonyl (C=O) groups excluding carboxylic acids is 2. The second-order valence-corrected chi connectivity index (χ2v) is 9.87. The predicted octanol–water partition coefficient (Wildman–Crippen LogP) is 2.59. The molecule has 0 aromatic heterocycles. The fourth-order valence-corrected chi connectivity index (χ4v) is 3.77. The molecular formula is C30H50ClN3O10. The number of alkyl halides is 1. The molecule has 1 aromatic carbocycles. The molecule has 0 unspecified atom stereocenters. The zero-order chi connectivity index (χ0) is 31.9. The van der Waals surface area contributed by atoms with Gasteiger partial charge in [0.15, 0.2) is 0 Å². The Balaban J connectivity index is 1.98. The Hall–Kier alpha value is -2.52. The molecule has 0 heterocycles. The van der Waals surface area contributed by atoms with Crippen LogP contribution in [0.2, 0.25) is 0 Å². The maximum absolute atomic E-state index is 12.5. The Morgan fingerprint density at radius 2 is 1.18 bits per heavy atom. The lowest BCUT2D eigenvalue weighted by Gasteiger charge is -2.10. The number of carboxylic acid groups (broad SMARTS) is 1. The van der Waals surface area contributed by atoms with E-state index in [1.54, 1.807) is 18.2 Å². The largest absolute Gasteiger partial charge is 0.465 e. The molecule has 252 valence electrons. The van der Waals surface area contributed by atoms with Crippen molar-refractivity contribution in [2.75, 3.05) is 98.3 Å². The van der Waals surface area contributed by atoms with Gasteiger partial charge in [-0.2, -0.15) is 0 Å². The van der Waals surface area contributed by atoms with Crippen LogP contribution in [0.5, 0.6) is 0 Å². The van der Waals surface area contributed by atoms with Crippen LogP contribution in [0.1, 0.15) is 48.0 Å². The highest BCUT2D eigenvalue weighted by Gasteiger charge is 2.07. The number of hydrogen-bond acceptors (Lipinski definition) is 9. The summed E-state index contributed by atoms with van der Waals surface area (Å²) in [5, 5.41) is 16.3. The second-order valence-electron chi connectivity index (χ2n) is 9.49. The van der Waals surface area contributed by atoms with Crippen LogP contribution in [-0.2, 0) is 39.8 Å². The van der Waals surface area contributed by atoms with Crippen molar-refractivity contribution in [1.82, 2.24) is 16.0 Å². The van der Waals surface area contributed by atoms with Crippen LogP contribution in [0, 0.1) is 0 Å². The van der Waals surface area contributed by atoms with Gasteiger partial charge in [-0.25, -0.2) is 4.79 Å². The zero-order valence-electron chi connectivity index (χ0n) is 25.7. The molecule has 4 N–H and O–H groups in total. The standard InChI is InChI=1S/C30H50ClN3O10/c31-9-3-1-2-4-12-39-16-18-41-14-10-32-29(36)27-7-5-6-26(24-27)25-34-28(35)8-13-40-17-20-43-22-23-44-21-19-42-15-11-33-30(37)38/h5-7,24,33H,1-4,8-23,25H2,(H,32,36)(H,34,35)(H,37,38). The first-order chi connectivity index (χ1) is 21.5. The van der Waals surface area contributed by atoms with Crippen molar-refractivity contribution in [3.05, 3.63) is 35.4 Å². The molecule has 1 rings (SSSR count). The minimum absolute atomic E-state index is 0.150. The van der Waals surface area contributed by atoms with E-state index < -0.39 is 6.09 Å². The van der Waals surface area contributed by atoms with Crippen LogP contribution in [0.3, 0.4) is 0 Å². The topological polar surface area (TPSA) is 163 Å². The van der Waals surface area contributed by atoms with Gasteiger partial charge in [0.25, 0.3) is 5.91 Å². The average molecular weight is 648 g/mol. The van der Waals surface area contributed by atoms with E-state index in [0.29, 0.717) is 90.6 Å². The number of halogens is 1. The first-order valence-electron chi connectivity index (χ1n) is 15.2. The number of ether oxygens (including phenoxy) is 6. The maximum Gasteiger partial charge on any atom is 0.404 e. The Labute approximate surface area is 265 Å². The van der Waals surface area contributed by atoms with E-state index >= 15 is 0 Å². The highest BCUT2D eigenvalue weighted by atomic mass is 35.5.